The molecular weight excluding hydrogens is 503 g/mol. The van der Waals surface area contributed by atoms with Gasteiger partial charge in [-0.05, 0) is 36.5 Å². The van der Waals surface area contributed by atoms with E-state index in [2.05, 4.69) is 45.4 Å². The molecule has 1 aromatic heterocycles. The highest BCUT2D eigenvalue weighted by Crippen LogP contribution is 2.21. The van der Waals surface area contributed by atoms with Gasteiger partial charge in [0.05, 0.1) is 26.0 Å². The monoisotopic (exact) mass is 538 g/mol. The van der Waals surface area contributed by atoms with Crippen LogP contribution in [-0.2, 0) is 17.6 Å². The molecule has 1 unspecified atom stereocenters. The number of hydrogen-bond donors (Lipinski definition) is 1. The smallest absolute Gasteiger partial charge is 0.193 e. The van der Waals surface area contributed by atoms with Crippen LogP contribution in [0.3, 0.4) is 0 Å². The summed E-state index contributed by atoms with van der Waals surface area (Å²) in [4.78, 5) is 9.86. The second-order valence-corrected chi connectivity index (χ2v) is 8.21. The van der Waals surface area contributed by atoms with Gasteiger partial charge in [-0.15, -0.1) is 24.0 Å². The van der Waals surface area contributed by atoms with E-state index in [4.69, 9.17) is 14.1 Å². The molecule has 0 amide bonds. The number of likely N-dealkylation sites (tertiary alicyclic amines) is 1. The predicted octanol–water partition coefficient (Wildman–Crippen LogP) is 3.28. The lowest BCUT2D eigenvalue weighted by molar-refractivity contribution is 0.0394. The predicted molar refractivity (Wildman–Crippen MR) is 135 cm³/mol. The third-order valence-electron chi connectivity index (χ3n) is 5.97. The van der Waals surface area contributed by atoms with Crippen LogP contribution < -0.4 is 5.32 Å². The van der Waals surface area contributed by atoms with Crippen molar-refractivity contribution in [3.63, 3.8) is 0 Å². The Labute approximate surface area is 203 Å². The fraction of sp³-hybridized carbons (Fsp3) is 0.542. The van der Waals surface area contributed by atoms with Crippen molar-refractivity contribution in [2.45, 2.75) is 19.3 Å². The minimum atomic E-state index is 0. The summed E-state index contributed by atoms with van der Waals surface area (Å²) in [5, 5.41) is 3.59. The number of rotatable bonds is 8. The summed E-state index contributed by atoms with van der Waals surface area (Å²) in [5.41, 5.74) is 1.43. The molecule has 0 saturated carbocycles. The number of nitrogens with one attached hydrogen (secondary N) is 1. The molecule has 2 aliphatic rings. The molecule has 31 heavy (non-hydrogen) atoms. The van der Waals surface area contributed by atoms with Crippen molar-refractivity contribution in [3.05, 3.63) is 60.1 Å². The molecule has 1 atom stereocenters. The molecule has 0 spiro atoms. The van der Waals surface area contributed by atoms with E-state index in [1.54, 1.807) is 6.26 Å². The maximum absolute atomic E-state index is 5.47. The number of nitrogens with zero attached hydrogens (tertiary/aromatic N) is 3. The van der Waals surface area contributed by atoms with Gasteiger partial charge in [0.25, 0.3) is 0 Å². The average Bonchev–Trinajstić information content (AvgIpc) is 3.47. The van der Waals surface area contributed by atoms with Gasteiger partial charge in [-0.2, -0.15) is 0 Å². The molecule has 7 heteroatoms. The van der Waals surface area contributed by atoms with Gasteiger partial charge in [-0.25, -0.2) is 0 Å². The summed E-state index contributed by atoms with van der Waals surface area (Å²) in [6.45, 7) is 8.50. The van der Waals surface area contributed by atoms with Crippen LogP contribution >= 0.6 is 24.0 Å². The van der Waals surface area contributed by atoms with Gasteiger partial charge < -0.3 is 19.4 Å². The Balaban J connectivity index is 0.00000272. The van der Waals surface area contributed by atoms with Gasteiger partial charge in [-0.3, -0.25) is 9.89 Å². The standard InChI is InChI=1S/C24H34N4O2.HI/c1-2-5-21(6-3-1)19-22-9-12-28(20-22)24(25-10-8-23-7-4-16-30-23)26-11-13-27-14-17-29-18-15-27;/h1-7,16,22H,8-15,17-20H2,(H,25,26);1H. The Morgan fingerprint density at radius 3 is 2.68 bits per heavy atom. The summed E-state index contributed by atoms with van der Waals surface area (Å²) in [6, 6.07) is 14.8. The summed E-state index contributed by atoms with van der Waals surface area (Å²) in [5.74, 6) is 2.74. The van der Waals surface area contributed by atoms with E-state index in [0.717, 1.165) is 83.6 Å². The van der Waals surface area contributed by atoms with Crippen LogP contribution in [0.25, 0.3) is 0 Å². The third kappa shape index (κ3) is 7.80. The molecule has 4 rings (SSSR count). The van der Waals surface area contributed by atoms with Crippen molar-refractivity contribution in [3.8, 4) is 0 Å². The molecule has 2 fully saturated rings. The topological polar surface area (TPSA) is 53.2 Å². The summed E-state index contributed by atoms with van der Waals surface area (Å²) >= 11 is 0. The lowest BCUT2D eigenvalue weighted by Gasteiger charge is -2.26. The highest BCUT2D eigenvalue weighted by molar-refractivity contribution is 14.0. The van der Waals surface area contributed by atoms with Crippen molar-refractivity contribution in [1.82, 2.24) is 15.1 Å². The van der Waals surface area contributed by atoms with E-state index in [9.17, 15) is 0 Å². The fourth-order valence-electron chi connectivity index (χ4n) is 4.28. The number of benzene rings is 1. The molecule has 2 aromatic rings. The number of halogens is 1. The zero-order valence-electron chi connectivity index (χ0n) is 18.2. The summed E-state index contributed by atoms with van der Waals surface area (Å²) in [7, 11) is 0. The van der Waals surface area contributed by atoms with Gasteiger partial charge in [-0.1, -0.05) is 30.3 Å². The first kappa shape index (κ1) is 24.1. The molecule has 2 saturated heterocycles. The molecule has 170 valence electrons. The van der Waals surface area contributed by atoms with Gasteiger partial charge in [0.15, 0.2) is 5.96 Å². The summed E-state index contributed by atoms with van der Waals surface area (Å²) < 4.78 is 10.9. The Kier molecular flexibility index (Phi) is 10.2. The van der Waals surface area contributed by atoms with Gasteiger partial charge in [0.1, 0.15) is 5.76 Å². The van der Waals surface area contributed by atoms with Crippen LogP contribution in [0.15, 0.2) is 58.1 Å². The largest absolute Gasteiger partial charge is 0.469 e. The highest BCUT2D eigenvalue weighted by Gasteiger charge is 2.25. The maximum Gasteiger partial charge on any atom is 0.193 e. The number of aliphatic imine (C=N–C) groups is 1. The Morgan fingerprint density at radius 1 is 1.06 bits per heavy atom. The Morgan fingerprint density at radius 2 is 1.90 bits per heavy atom. The SMILES string of the molecule is I.c1ccc(CC2CCN(C(=NCCN3CCOCC3)NCCc3ccco3)C2)cc1. The van der Waals surface area contributed by atoms with E-state index < -0.39 is 0 Å². The van der Waals surface area contributed by atoms with Crippen LogP contribution in [0.2, 0.25) is 0 Å². The average molecular weight is 538 g/mol. The molecule has 1 N–H and O–H groups in total. The molecular formula is C24H35IN4O2. The van der Waals surface area contributed by atoms with Crippen LogP contribution in [0.1, 0.15) is 17.7 Å². The van der Waals surface area contributed by atoms with Crippen LogP contribution in [0.5, 0.6) is 0 Å². The van der Waals surface area contributed by atoms with Crippen LogP contribution in [0.4, 0.5) is 0 Å². The van der Waals surface area contributed by atoms with Crippen molar-refractivity contribution in [1.29, 1.82) is 0 Å². The van der Waals surface area contributed by atoms with Crippen LogP contribution in [-0.4, -0.2) is 74.8 Å². The summed E-state index contributed by atoms with van der Waals surface area (Å²) in [6.07, 6.45) is 4.97. The van der Waals surface area contributed by atoms with Crippen molar-refractivity contribution < 1.29 is 9.15 Å². The second kappa shape index (κ2) is 13.1. The first-order valence-electron chi connectivity index (χ1n) is 11.3. The molecule has 1 aromatic carbocycles. The van der Waals surface area contributed by atoms with Crippen LogP contribution in [0, 0.1) is 5.92 Å². The van der Waals surface area contributed by atoms with Crippen molar-refractivity contribution >= 4 is 29.9 Å². The quantitative estimate of drug-likeness (QED) is 0.318. The molecule has 6 nitrogen and oxygen atoms in total. The van der Waals surface area contributed by atoms with Crippen molar-refractivity contribution in [2.24, 2.45) is 10.9 Å². The van der Waals surface area contributed by atoms with Gasteiger partial charge in [0.2, 0.25) is 0 Å². The number of ether oxygens (including phenoxy) is 1. The molecule has 0 radical (unpaired) electrons. The second-order valence-electron chi connectivity index (χ2n) is 8.21. The zero-order chi connectivity index (χ0) is 20.4. The van der Waals surface area contributed by atoms with E-state index in [1.807, 2.05) is 12.1 Å². The highest BCUT2D eigenvalue weighted by atomic mass is 127. The molecule has 3 heterocycles. The number of guanidine groups is 1. The lowest BCUT2D eigenvalue weighted by atomic mass is 9.99. The molecule has 0 bridgehead atoms. The Hall–Kier alpha value is -1.58. The molecule has 0 aliphatic carbocycles. The van der Waals surface area contributed by atoms with E-state index in [0.29, 0.717) is 5.92 Å². The third-order valence-corrected chi connectivity index (χ3v) is 5.97. The van der Waals surface area contributed by atoms with E-state index >= 15 is 0 Å². The fourth-order valence-corrected chi connectivity index (χ4v) is 4.28. The number of morpholine rings is 1. The minimum Gasteiger partial charge on any atom is -0.469 e. The molecule has 2 aliphatic heterocycles. The lowest BCUT2D eigenvalue weighted by Crippen LogP contribution is -2.42. The first-order valence-corrected chi connectivity index (χ1v) is 11.3. The number of hydrogen-bond acceptors (Lipinski definition) is 4. The first-order chi connectivity index (χ1) is 14.9. The maximum atomic E-state index is 5.47. The Bertz CT molecular complexity index is 763. The minimum absolute atomic E-state index is 0. The van der Waals surface area contributed by atoms with E-state index in [-0.39, 0.29) is 24.0 Å². The van der Waals surface area contributed by atoms with Gasteiger partial charge >= 0.3 is 0 Å². The van der Waals surface area contributed by atoms with Crippen molar-refractivity contribution in [2.75, 3.05) is 59.0 Å². The zero-order valence-corrected chi connectivity index (χ0v) is 20.6. The number of furan rings is 1. The normalized spacial score (nSPS) is 19.9. The van der Waals surface area contributed by atoms with Gasteiger partial charge in [0, 0.05) is 45.7 Å². The van der Waals surface area contributed by atoms with E-state index in [1.165, 1.54) is 12.0 Å².